The van der Waals surface area contributed by atoms with E-state index in [0.29, 0.717) is 5.56 Å². The van der Waals surface area contributed by atoms with Gasteiger partial charge in [-0.25, -0.2) is 4.39 Å². The molecule has 1 atom stereocenters. The number of rotatable bonds is 2. The molecule has 0 spiro atoms. The lowest BCUT2D eigenvalue weighted by atomic mass is 9.93. The van der Waals surface area contributed by atoms with Gasteiger partial charge in [-0.1, -0.05) is 12.1 Å². The first-order valence-electron chi connectivity index (χ1n) is 5.93. The van der Waals surface area contributed by atoms with Crippen LogP contribution in [-0.4, -0.2) is 4.98 Å². The fourth-order valence-electron chi connectivity index (χ4n) is 2.10. The predicted octanol–water partition coefficient (Wildman–Crippen LogP) is 3.19. The minimum Gasteiger partial charge on any atom is -0.320 e. The molecule has 0 bridgehead atoms. The molecule has 0 radical (unpaired) electrons. The SMILES string of the molecule is Cc1cc(C)c(C(N)c2cncc(F)c2)cc1C. The smallest absolute Gasteiger partial charge is 0.141 e. The number of nitrogens with zero attached hydrogens (tertiary/aromatic N) is 1. The second kappa shape index (κ2) is 4.86. The lowest BCUT2D eigenvalue weighted by Gasteiger charge is -2.17. The van der Waals surface area contributed by atoms with Crippen LogP contribution in [0.15, 0.2) is 30.6 Å². The van der Waals surface area contributed by atoms with Crippen molar-refractivity contribution in [3.05, 3.63) is 64.2 Å². The van der Waals surface area contributed by atoms with Crippen molar-refractivity contribution in [2.45, 2.75) is 26.8 Å². The molecule has 2 N–H and O–H groups in total. The third kappa shape index (κ3) is 2.41. The number of hydrogen-bond donors (Lipinski definition) is 1. The fourth-order valence-corrected chi connectivity index (χ4v) is 2.10. The molecule has 0 amide bonds. The number of pyridine rings is 1. The Kier molecular flexibility index (Phi) is 3.43. The van der Waals surface area contributed by atoms with E-state index in [1.807, 2.05) is 6.92 Å². The first kappa shape index (κ1) is 12.7. The first-order valence-corrected chi connectivity index (χ1v) is 5.93. The maximum absolute atomic E-state index is 13.2. The van der Waals surface area contributed by atoms with Gasteiger partial charge in [0.15, 0.2) is 0 Å². The van der Waals surface area contributed by atoms with Crippen LogP contribution in [-0.2, 0) is 0 Å². The average molecular weight is 244 g/mol. The highest BCUT2D eigenvalue weighted by atomic mass is 19.1. The lowest BCUT2D eigenvalue weighted by molar-refractivity contribution is 0.616. The quantitative estimate of drug-likeness (QED) is 0.881. The zero-order valence-electron chi connectivity index (χ0n) is 10.9. The van der Waals surface area contributed by atoms with Gasteiger partial charge in [-0.15, -0.1) is 0 Å². The summed E-state index contributed by atoms with van der Waals surface area (Å²) in [5.74, 6) is -0.357. The van der Waals surface area contributed by atoms with E-state index in [1.165, 1.54) is 23.4 Å². The summed E-state index contributed by atoms with van der Waals surface area (Å²) in [6.45, 7) is 6.14. The molecule has 0 saturated carbocycles. The zero-order chi connectivity index (χ0) is 13.3. The summed E-state index contributed by atoms with van der Waals surface area (Å²) in [4.78, 5) is 3.85. The Labute approximate surface area is 107 Å². The van der Waals surface area contributed by atoms with E-state index >= 15 is 0 Å². The molecule has 94 valence electrons. The second-order valence-electron chi connectivity index (χ2n) is 4.71. The third-order valence-electron chi connectivity index (χ3n) is 3.30. The number of halogens is 1. The molecule has 3 heteroatoms. The van der Waals surface area contributed by atoms with Gasteiger partial charge in [0.2, 0.25) is 0 Å². The van der Waals surface area contributed by atoms with Gasteiger partial charge in [0.25, 0.3) is 0 Å². The Morgan fingerprint density at radius 1 is 1.00 bits per heavy atom. The number of aryl methyl sites for hydroxylation is 3. The van der Waals surface area contributed by atoms with Crippen molar-refractivity contribution in [3.63, 3.8) is 0 Å². The van der Waals surface area contributed by atoms with Gasteiger partial charge in [0.1, 0.15) is 5.82 Å². The largest absolute Gasteiger partial charge is 0.320 e. The van der Waals surface area contributed by atoms with Gasteiger partial charge in [-0.2, -0.15) is 0 Å². The van der Waals surface area contributed by atoms with E-state index in [1.54, 1.807) is 6.20 Å². The van der Waals surface area contributed by atoms with Gasteiger partial charge in [0.05, 0.1) is 12.2 Å². The van der Waals surface area contributed by atoms with Crippen LogP contribution in [0, 0.1) is 26.6 Å². The van der Waals surface area contributed by atoms with Crippen LogP contribution in [0.1, 0.15) is 33.9 Å². The van der Waals surface area contributed by atoms with Crippen LogP contribution in [0.2, 0.25) is 0 Å². The normalized spacial score (nSPS) is 12.5. The number of hydrogen-bond acceptors (Lipinski definition) is 2. The number of aromatic nitrogens is 1. The number of benzene rings is 1. The van der Waals surface area contributed by atoms with Crippen LogP contribution < -0.4 is 5.73 Å². The van der Waals surface area contributed by atoms with Crippen LogP contribution in [0.3, 0.4) is 0 Å². The van der Waals surface area contributed by atoms with Crippen molar-refractivity contribution in [1.82, 2.24) is 4.98 Å². The predicted molar refractivity (Wildman–Crippen MR) is 70.9 cm³/mol. The number of nitrogens with two attached hydrogens (primary N) is 1. The van der Waals surface area contributed by atoms with E-state index in [-0.39, 0.29) is 11.9 Å². The van der Waals surface area contributed by atoms with E-state index in [9.17, 15) is 4.39 Å². The molecule has 1 unspecified atom stereocenters. The Bertz CT molecular complexity index is 579. The lowest BCUT2D eigenvalue weighted by Crippen LogP contribution is -2.14. The summed E-state index contributed by atoms with van der Waals surface area (Å²) in [6, 6.07) is 5.27. The molecular weight excluding hydrogens is 227 g/mol. The highest BCUT2D eigenvalue weighted by Crippen LogP contribution is 2.25. The summed E-state index contributed by atoms with van der Waals surface area (Å²) >= 11 is 0. The molecule has 0 saturated heterocycles. The Morgan fingerprint density at radius 2 is 1.67 bits per heavy atom. The zero-order valence-corrected chi connectivity index (χ0v) is 10.9. The van der Waals surface area contributed by atoms with Gasteiger partial charge in [0, 0.05) is 6.20 Å². The summed E-state index contributed by atoms with van der Waals surface area (Å²) in [7, 11) is 0. The topological polar surface area (TPSA) is 38.9 Å². The van der Waals surface area contributed by atoms with Crippen molar-refractivity contribution in [2.24, 2.45) is 5.73 Å². The molecular formula is C15H17FN2. The molecule has 2 aromatic rings. The van der Waals surface area contributed by atoms with Gasteiger partial charge in [-0.05, 0) is 54.7 Å². The van der Waals surface area contributed by atoms with Crippen LogP contribution in [0.25, 0.3) is 0 Å². The maximum atomic E-state index is 13.2. The van der Waals surface area contributed by atoms with Gasteiger partial charge < -0.3 is 5.73 Å². The Balaban J connectivity index is 2.46. The van der Waals surface area contributed by atoms with Crippen LogP contribution >= 0.6 is 0 Å². The molecule has 0 aliphatic carbocycles. The Hall–Kier alpha value is -1.74. The van der Waals surface area contributed by atoms with Crippen molar-refractivity contribution in [3.8, 4) is 0 Å². The average Bonchev–Trinajstić information content (AvgIpc) is 2.33. The molecule has 1 heterocycles. The van der Waals surface area contributed by atoms with Gasteiger partial charge >= 0.3 is 0 Å². The summed E-state index contributed by atoms with van der Waals surface area (Å²) in [5, 5.41) is 0. The highest BCUT2D eigenvalue weighted by molar-refractivity contribution is 5.41. The summed E-state index contributed by atoms with van der Waals surface area (Å²) in [6.07, 6.45) is 2.80. The van der Waals surface area contributed by atoms with E-state index < -0.39 is 0 Å². The standard InChI is InChI=1S/C15H17FN2/c1-9-4-11(3)14(5-10(9)2)15(17)12-6-13(16)8-18-7-12/h4-8,15H,17H2,1-3H3. The molecule has 1 aromatic heterocycles. The molecule has 18 heavy (non-hydrogen) atoms. The van der Waals surface area contributed by atoms with E-state index in [2.05, 4.69) is 31.0 Å². The van der Waals surface area contributed by atoms with Crippen molar-refractivity contribution in [2.75, 3.05) is 0 Å². The highest BCUT2D eigenvalue weighted by Gasteiger charge is 2.13. The van der Waals surface area contributed by atoms with E-state index in [4.69, 9.17) is 5.73 Å². The third-order valence-corrected chi connectivity index (χ3v) is 3.30. The monoisotopic (exact) mass is 244 g/mol. The first-order chi connectivity index (χ1) is 8.49. The molecule has 2 nitrogen and oxygen atoms in total. The Morgan fingerprint density at radius 3 is 2.33 bits per heavy atom. The maximum Gasteiger partial charge on any atom is 0.141 e. The molecule has 2 rings (SSSR count). The van der Waals surface area contributed by atoms with Crippen molar-refractivity contribution in [1.29, 1.82) is 0 Å². The molecule has 0 aliphatic heterocycles. The van der Waals surface area contributed by atoms with Crippen molar-refractivity contribution < 1.29 is 4.39 Å². The summed E-state index contributed by atoms with van der Waals surface area (Å²) < 4.78 is 13.2. The summed E-state index contributed by atoms with van der Waals surface area (Å²) in [5.41, 5.74) is 11.5. The molecule has 1 aromatic carbocycles. The minimum atomic E-state index is -0.357. The van der Waals surface area contributed by atoms with Crippen LogP contribution in [0.5, 0.6) is 0 Å². The van der Waals surface area contributed by atoms with Gasteiger partial charge in [-0.3, -0.25) is 4.98 Å². The van der Waals surface area contributed by atoms with Crippen LogP contribution in [0.4, 0.5) is 4.39 Å². The fraction of sp³-hybridized carbons (Fsp3) is 0.267. The minimum absolute atomic E-state index is 0.340. The molecule has 0 aliphatic rings. The second-order valence-corrected chi connectivity index (χ2v) is 4.71. The molecule has 0 fully saturated rings. The van der Waals surface area contributed by atoms with E-state index in [0.717, 1.165) is 11.1 Å². The van der Waals surface area contributed by atoms with Crippen molar-refractivity contribution >= 4 is 0 Å².